The molecule has 2 rings (SSSR count). The Balaban J connectivity index is 1.87. The molecule has 62 valence electrons. The second kappa shape index (κ2) is 2.91. The van der Waals surface area contributed by atoms with Gasteiger partial charge in [0.1, 0.15) is 5.78 Å². The highest BCUT2D eigenvalue weighted by molar-refractivity contribution is 5.79. The molecule has 2 fully saturated rings. The molecule has 0 aliphatic carbocycles. The van der Waals surface area contributed by atoms with Gasteiger partial charge in [0.2, 0.25) is 0 Å². The normalized spacial score (nSPS) is 33.5. The lowest BCUT2D eigenvalue weighted by molar-refractivity contribution is -0.147. The Kier molecular flexibility index (Phi) is 1.92. The lowest BCUT2D eigenvalue weighted by Gasteiger charge is -2.35. The number of Topliss-reactive ketones (excluding diaryl/α,β-unsaturated/α-hetero) is 1. The average Bonchev–Trinajstić information content (AvgIpc) is 1.83. The van der Waals surface area contributed by atoms with Gasteiger partial charge in [0.25, 0.3) is 0 Å². The molecule has 2 aliphatic heterocycles. The van der Waals surface area contributed by atoms with Crippen molar-refractivity contribution < 1.29 is 14.3 Å². The van der Waals surface area contributed by atoms with Crippen molar-refractivity contribution in [2.45, 2.75) is 18.9 Å². The summed E-state index contributed by atoms with van der Waals surface area (Å²) in [6, 6.07) is 0. The van der Waals surface area contributed by atoms with Crippen LogP contribution < -0.4 is 0 Å². The summed E-state index contributed by atoms with van der Waals surface area (Å²) in [4.78, 5) is 11.0. The molecule has 0 aromatic carbocycles. The van der Waals surface area contributed by atoms with Gasteiger partial charge in [-0.2, -0.15) is 0 Å². The topological polar surface area (TPSA) is 35.5 Å². The van der Waals surface area contributed by atoms with E-state index in [-0.39, 0.29) is 6.10 Å². The summed E-state index contributed by atoms with van der Waals surface area (Å²) in [5.41, 5.74) is 0. The maximum Gasteiger partial charge on any atom is 0.137 e. The molecular formula is C8H12O3. The van der Waals surface area contributed by atoms with E-state index < -0.39 is 0 Å². The number of carbonyl (C=O) groups is 1. The van der Waals surface area contributed by atoms with E-state index in [1.54, 1.807) is 0 Å². The molecule has 2 saturated heterocycles. The summed E-state index contributed by atoms with van der Waals surface area (Å²) in [7, 11) is 0. The number of ether oxygens (including phenoxy) is 2. The van der Waals surface area contributed by atoms with Crippen LogP contribution in [0.25, 0.3) is 0 Å². The van der Waals surface area contributed by atoms with Gasteiger partial charge < -0.3 is 9.47 Å². The molecule has 1 atom stereocenters. The Morgan fingerprint density at radius 1 is 1.36 bits per heavy atom. The zero-order chi connectivity index (χ0) is 7.68. The first-order valence-corrected chi connectivity index (χ1v) is 4.07. The van der Waals surface area contributed by atoms with E-state index in [1.165, 1.54) is 0 Å². The van der Waals surface area contributed by atoms with Crippen molar-refractivity contribution >= 4 is 5.78 Å². The molecule has 11 heavy (non-hydrogen) atoms. The van der Waals surface area contributed by atoms with Crippen molar-refractivity contribution in [2.24, 2.45) is 5.92 Å². The molecule has 0 aromatic heterocycles. The molecule has 0 saturated carbocycles. The van der Waals surface area contributed by atoms with Gasteiger partial charge in [0.05, 0.1) is 25.9 Å². The van der Waals surface area contributed by atoms with E-state index in [9.17, 15) is 4.79 Å². The van der Waals surface area contributed by atoms with Gasteiger partial charge in [-0.05, 0) is 0 Å². The Hall–Kier alpha value is -0.410. The van der Waals surface area contributed by atoms with Crippen molar-refractivity contribution in [2.75, 3.05) is 19.8 Å². The minimum Gasteiger partial charge on any atom is -0.380 e. The Morgan fingerprint density at radius 2 is 2.18 bits per heavy atom. The van der Waals surface area contributed by atoms with Crippen LogP contribution in [-0.2, 0) is 14.3 Å². The highest BCUT2D eigenvalue weighted by Gasteiger charge is 2.32. The van der Waals surface area contributed by atoms with Crippen LogP contribution in [0.1, 0.15) is 12.8 Å². The molecule has 1 unspecified atom stereocenters. The molecule has 0 N–H and O–H groups in total. The smallest absolute Gasteiger partial charge is 0.137 e. The monoisotopic (exact) mass is 156 g/mol. The highest BCUT2D eigenvalue weighted by Crippen LogP contribution is 2.23. The van der Waals surface area contributed by atoms with Crippen LogP contribution in [0.3, 0.4) is 0 Å². The van der Waals surface area contributed by atoms with Gasteiger partial charge in [0.15, 0.2) is 0 Å². The van der Waals surface area contributed by atoms with E-state index in [0.29, 0.717) is 31.1 Å². The van der Waals surface area contributed by atoms with Crippen molar-refractivity contribution in [3.8, 4) is 0 Å². The molecule has 3 heteroatoms. The predicted octanol–water partition coefficient (Wildman–Crippen LogP) is 0.381. The second-order valence-corrected chi connectivity index (χ2v) is 3.20. The fraction of sp³-hybridized carbons (Fsp3) is 0.875. The van der Waals surface area contributed by atoms with E-state index in [1.807, 2.05) is 0 Å². The third kappa shape index (κ3) is 1.44. The fourth-order valence-corrected chi connectivity index (χ4v) is 1.48. The quantitative estimate of drug-likeness (QED) is 0.550. The Morgan fingerprint density at radius 3 is 2.73 bits per heavy atom. The lowest BCUT2D eigenvalue weighted by Crippen LogP contribution is -2.42. The summed E-state index contributed by atoms with van der Waals surface area (Å²) in [6.07, 6.45) is 1.36. The van der Waals surface area contributed by atoms with Gasteiger partial charge in [0, 0.05) is 18.8 Å². The molecule has 0 radical (unpaired) electrons. The molecule has 0 aromatic rings. The minimum absolute atomic E-state index is 0.157. The van der Waals surface area contributed by atoms with Gasteiger partial charge >= 0.3 is 0 Å². The van der Waals surface area contributed by atoms with Crippen LogP contribution in [0.2, 0.25) is 0 Å². The van der Waals surface area contributed by atoms with Crippen molar-refractivity contribution in [3.63, 3.8) is 0 Å². The third-order valence-electron chi connectivity index (χ3n) is 2.33. The summed E-state index contributed by atoms with van der Waals surface area (Å²) < 4.78 is 10.5. The molecule has 3 nitrogen and oxygen atoms in total. The first-order valence-electron chi connectivity index (χ1n) is 4.07. The average molecular weight is 156 g/mol. The first-order chi connectivity index (χ1) is 5.36. The van der Waals surface area contributed by atoms with Crippen molar-refractivity contribution in [3.05, 3.63) is 0 Å². The maximum atomic E-state index is 11.0. The molecule has 2 aliphatic rings. The van der Waals surface area contributed by atoms with Crippen molar-refractivity contribution in [1.82, 2.24) is 0 Å². The van der Waals surface area contributed by atoms with Gasteiger partial charge in [-0.25, -0.2) is 0 Å². The first kappa shape index (κ1) is 7.25. The van der Waals surface area contributed by atoms with Crippen LogP contribution in [-0.4, -0.2) is 31.7 Å². The van der Waals surface area contributed by atoms with Crippen molar-refractivity contribution in [1.29, 1.82) is 0 Å². The molecule has 0 spiro atoms. The summed E-state index contributed by atoms with van der Waals surface area (Å²) in [6.45, 7) is 2.16. The second-order valence-electron chi connectivity index (χ2n) is 3.20. The van der Waals surface area contributed by atoms with E-state index in [0.717, 1.165) is 13.2 Å². The summed E-state index contributed by atoms with van der Waals surface area (Å²) in [5, 5.41) is 0. The largest absolute Gasteiger partial charge is 0.380 e. The number of hydrogen-bond acceptors (Lipinski definition) is 3. The summed E-state index contributed by atoms with van der Waals surface area (Å²) in [5.74, 6) is 0.826. The molecule has 0 bridgehead atoms. The van der Waals surface area contributed by atoms with Gasteiger partial charge in [-0.1, -0.05) is 0 Å². The number of hydrogen-bond donors (Lipinski definition) is 0. The maximum absolute atomic E-state index is 11.0. The fourth-order valence-electron chi connectivity index (χ4n) is 1.48. The standard InChI is InChI=1S/C8H12O3/c9-7-1-2-11-8(3-7)6-4-10-5-6/h6,8H,1-5H2. The molecular weight excluding hydrogens is 144 g/mol. The molecule has 2 heterocycles. The van der Waals surface area contributed by atoms with Gasteiger partial charge in [-0.3, -0.25) is 4.79 Å². The Labute approximate surface area is 65.7 Å². The van der Waals surface area contributed by atoms with E-state index in [4.69, 9.17) is 9.47 Å². The molecule has 0 amide bonds. The zero-order valence-electron chi connectivity index (χ0n) is 6.41. The number of ketones is 1. The Bertz CT molecular complexity index is 163. The predicted molar refractivity (Wildman–Crippen MR) is 38.3 cm³/mol. The van der Waals surface area contributed by atoms with Gasteiger partial charge in [-0.15, -0.1) is 0 Å². The zero-order valence-corrected chi connectivity index (χ0v) is 6.41. The van der Waals surface area contributed by atoms with Crippen LogP contribution in [0.4, 0.5) is 0 Å². The number of rotatable bonds is 1. The van der Waals surface area contributed by atoms with Crippen LogP contribution in [0, 0.1) is 5.92 Å². The number of carbonyl (C=O) groups excluding carboxylic acids is 1. The van der Waals surface area contributed by atoms with E-state index in [2.05, 4.69) is 0 Å². The van der Waals surface area contributed by atoms with E-state index >= 15 is 0 Å². The highest BCUT2D eigenvalue weighted by atomic mass is 16.5. The van der Waals surface area contributed by atoms with Crippen LogP contribution in [0.15, 0.2) is 0 Å². The van der Waals surface area contributed by atoms with Crippen LogP contribution in [0.5, 0.6) is 0 Å². The third-order valence-corrected chi connectivity index (χ3v) is 2.33. The minimum atomic E-state index is 0.157. The van der Waals surface area contributed by atoms with Crippen LogP contribution >= 0.6 is 0 Å². The lowest BCUT2D eigenvalue weighted by atomic mass is 9.94. The SMILES string of the molecule is O=C1CCOC(C2COC2)C1. The summed E-state index contributed by atoms with van der Waals surface area (Å²) >= 11 is 0.